The van der Waals surface area contributed by atoms with Gasteiger partial charge in [-0.25, -0.2) is 0 Å². The highest BCUT2D eigenvalue weighted by molar-refractivity contribution is 8.02. The maximum Gasteiger partial charge on any atom is 0.308 e. The molecule has 1 saturated carbocycles. The van der Waals surface area contributed by atoms with Gasteiger partial charge in [-0.2, -0.15) is 0 Å². The third kappa shape index (κ3) is 3.31. The highest BCUT2D eigenvalue weighted by Gasteiger charge is 2.78. The lowest BCUT2D eigenvalue weighted by Gasteiger charge is -2.42. The van der Waals surface area contributed by atoms with Crippen molar-refractivity contribution in [2.24, 2.45) is 11.8 Å². The average molecular weight is 465 g/mol. The molecule has 0 aromatic rings. The molecule has 3 saturated heterocycles. The fourth-order valence-electron chi connectivity index (χ4n) is 6.93. The molecule has 2 unspecified atom stereocenters. The topological polar surface area (TPSA) is 98.2 Å². The van der Waals surface area contributed by atoms with Crippen LogP contribution in [0.2, 0.25) is 0 Å². The van der Waals surface area contributed by atoms with E-state index in [4.69, 9.17) is 0 Å². The molecule has 32 heavy (non-hydrogen) atoms. The van der Waals surface area contributed by atoms with Gasteiger partial charge in [-0.3, -0.25) is 14.4 Å². The van der Waals surface area contributed by atoms with Crippen molar-refractivity contribution in [3.05, 3.63) is 12.7 Å². The van der Waals surface area contributed by atoms with Gasteiger partial charge in [0.15, 0.2) is 0 Å². The summed E-state index contributed by atoms with van der Waals surface area (Å²) in [6, 6.07) is -1.12. The molecule has 1 aliphatic carbocycles. The van der Waals surface area contributed by atoms with Crippen LogP contribution < -0.4 is 0 Å². The van der Waals surface area contributed by atoms with Gasteiger partial charge in [-0.1, -0.05) is 32.3 Å². The zero-order valence-corrected chi connectivity index (χ0v) is 20.0. The molecule has 7 nitrogen and oxygen atoms in total. The van der Waals surface area contributed by atoms with E-state index in [0.29, 0.717) is 25.8 Å². The van der Waals surface area contributed by atoms with Gasteiger partial charge in [0, 0.05) is 17.3 Å². The molecular formula is C24H36N2O5S. The van der Waals surface area contributed by atoms with Crippen LogP contribution in [-0.4, -0.2) is 78.6 Å². The third-order valence-corrected chi connectivity index (χ3v) is 10.4. The summed E-state index contributed by atoms with van der Waals surface area (Å²) in [6.45, 7) is 7.88. The molecule has 178 valence electrons. The number of aliphatic hydroxyl groups excluding tert-OH is 1. The second-order valence-electron chi connectivity index (χ2n) is 10.1. The van der Waals surface area contributed by atoms with Crippen molar-refractivity contribution in [2.75, 3.05) is 13.2 Å². The van der Waals surface area contributed by atoms with Gasteiger partial charge in [0.25, 0.3) is 0 Å². The van der Waals surface area contributed by atoms with Crippen LogP contribution in [0.4, 0.5) is 0 Å². The number of carboxylic acid groups (broad SMARTS) is 1. The first-order chi connectivity index (χ1) is 15.3. The number of hydrogen-bond acceptors (Lipinski definition) is 5. The Morgan fingerprint density at radius 1 is 1.31 bits per heavy atom. The van der Waals surface area contributed by atoms with Gasteiger partial charge >= 0.3 is 5.97 Å². The zero-order valence-electron chi connectivity index (χ0n) is 19.2. The van der Waals surface area contributed by atoms with Crippen LogP contribution in [0.5, 0.6) is 0 Å². The minimum Gasteiger partial charge on any atom is -0.481 e. The molecule has 4 fully saturated rings. The van der Waals surface area contributed by atoms with E-state index in [-0.39, 0.29) is 24.5 Å². The van der Waals surface area contributed by atoms with E-state index in [1.54, 1.807) is 22.7 Å². The maximum atomic E-state index is 14.3. The first-order valence-electron chi connectivity index (χ1n) is 12.0. The molecule has 3 heterocycles. The Balaban J connectivity index is 1.79. The molecule has 0 radical (unpaired) electrons. The molecule has 2 amide bonds. The lowest BCUT2D eigenvalue weighted by molar-refractivity contribution is -0.151. The number of carbonyl (C=O) groups excluding carboxylic acids is 2. The zero-order chi connectivity index (χ0) is 23.3. The van der Waals surface area contributed by atoms with Crippen molar-refractivity contribution < 1.29 is 24.6 Å². The van der Waals surface area contributed by atoms with Crippen molar-refractivity contribution in [2.45, 2.75) is 92.8 Å². The number of hydrogen-bond donors (Lipinski definition) is 2. The molecule has 1 spiro atoms. The molecule has 2 bridgehead atoms. The van der Waals surface area contributed by atoms with Crippen LogP contribution in [-0.2, 0) is 14.4 Å². The minimum absolute atomic E-state index is 0.0951. The van der Waals surface area contributed by atoms with Crippen molar-refractivity contribution in [3.63, 3.8) is 0 Å². The second kappa shape index (κ2) is 8.67. The Bertz CT molecular complexity index is 795. The quantitative estimate of drug-likeness (QED) is 0.536. The van der Waals surface area contributed by atoms with Crippen LogP contribution >= 0.6 is 11.8 Å². The molecule has 4 aliphatic rings. The number of nitrogens with zero attached hydrogens (tertiary/aromatic N) is 2. The van der Waals surface area contributed by atoms with Gasteiger partial charge in [0.1, 0.15) is 6.04 Å². The molecule has 6 atom stereocenters. The van der Waals surface area contributed by atoms with E-state index < -0.39 is 39.4 Å². The Labute approximate surface area is 194 Å². The average Bonchev–Trinajstić information content (AvgIpc) is 3.34. The molecule has 0 aromatic heterocycles. The number of likely N-dealkylation sites (tertiary alicyclic amines) is 1. The summed E-state index contributed by atoms with van der Waals surface area (Å²) in [6.07, 6.45) is 8.79. The van der Waals surface area contributed by atoms with Gasteiger partial charge in [-0.05, 0) is 39.0 Å². The molecule has 0 aromatic carbocycles. The second-order valence-corrected chi connectivity index (χ2v) is 12.0. The molecule has 3 aliphatic heterocycles. The summed E-state index contributed by atoms with van der Waals surface area (Å²) in [5, 5.41) is 20.2. The number of rotatable bonds is 8. The Morgan fingerprint density at radius 2 is 2.00 bits per heavy atom. The fraction of sp³-hybridized carbons (Fsp3) is 0.792. The molecule has 2 N–H and O–H groups in total. The van der Waals surface area contributed by atoms with E-state index >= 15 is 0 Å². The smallest absolute Gasteiger partial charge is 0.308 e. The monoisotopic (exact) mass is 464 g/mol. The Kier molecular flexibility index (Phi) is 6.40. The van der Waals surface area contributed by atoms with E-state index in [0.717, 1.165) is 25.7 Å². The molecule has 4 rings (SSSR count). The summed E-state index contributed by atoms with van der Waals surface area (Å²) in [5.41, 5.74) is 0. The van der Waals surface area contributed by atoms with Crippen LogP contribution in [0.15, 0.2) is 12.7 Å². The summed E-state index contributed by atoms with van der Waals surface area (Å²) in [7, 11) is 0. The number of fused-ring (bicyclic) bond motifs is 1. The lowest BCUT2D eigenvalue weighted by atomic mass is 9.66. The number of aliphatic hydroxyl groups is 1. The molecular weight excluding hydrogens is 428 g/mol. The number of amides is 2. The van der Waals surface area contributed by atoms with Crippen molar-refractivity contribution >= 4 is 29.5 Å². The Hall–Kier alpha value is -1.54. The SMILES string of the molecule is C=CCN(C(=O)C1N([C@@H](CC)CO)C(=O)[C@@H]2[C@@H](C(=O)O)[C@@]3(C)CCC12S3)C1CCCCC1. The Morgan fingerprint density at radius 3 is 2.56 bits per heavy atom. The third-order valence-electron chi connectivity index (χ3n) is 8.41. The maximum absolute atomic E-state index is 14.3. The predicted octanol–water partition coefficient (Wildman–Crippen LogP) is 2.67. The number of carboxylic acids is 1. The standard InChI is InChI=1S/C24H36N2O5S/c1-4-13-25(16-9-7-6-8-10-16)21(29)19-24-12-11-23(3,32-24)18(22(30)31)17(24)20(28)26(19)15(5-2)14-27/h4,15-19,27H,1,5-14H2,2-3H3,(H,30,31)/t15-,17-,18-,19?,23+,24?/m0/s1. The van der Waals surface area contributed by atoms with Crippen LogP contribution in [0.1, 0.15) is 65.2 Å². The fourth-order valence-corrected chi connectivity index (χ4v) is 9.26. The number of thioether (sulfide) groups is 1. The van der Waals surface area contributed by atoms with E-state index in [9.17, 15) is 24.6 Å². The van der Waals surface area contributed by atoms with Crippen molar-refractivity contribution in [1.29, 1.82) is 0 Å². The number of aliphatic carboxylic acids is 1. The highest BCUT2D eigenvalue weighted by atomic mass is 32.2. The predicted molar refractivity (Wildman–Crippen MR) is 123 cm³/mol. The number of carbonyl (C=O) groups is 3. The first kappa shape index (κ1) is 23.6. The van der Waals surface area contributed by atoms with E-state index in [1.807, 2.05) is 18.7 Å². The summed E-state index contributed by atoms with van der Waals surface area (Å²) in [4.78, 5) is 43.9. The van der Waals surface area contributed by atoms with E-state index in [2.05, 4.69) is 6.58 Å². The first-order valence-corrected chi connectivity index (χ1v) is 12.8. The molecule has 8 heteroatoms. The van der Waals surface area contributed by atoms with Gasteiger partial charge in [0.2, 0.25) is 11.8 Å². The van der Waals surface area contributed by atoms with Gasteiger partial charge in [-0.15, -0.1) is 18.3 Å². The van der Waals surface area contributed by atoms with E-state index in [1.165, 1.54) is 6.42 Å². The summed E-state index contributed by atoms with van der Waals surface area (Å²) >= 11 is 1.55. The lowest BCUT2D eigenvalue weighted by Crippen LogP contribution is -2.59. The minimum atomic E-state index is -0.958. The summed E-state index contributed by atoms with van der Waals surface area (Å²) < 4.78 is -1.30. The van der Waals surface area contributed by atoms with Crippen LogP contribution in [0.25, 0.3) is 0 Å². The summed E-state index contributed by atoms with van der Waals surface area (Å²) in [5.74, 6) is -2.86. The van der Waals surface area contributed by atoms with Gasteiger partial charge in [0.05, 0.1) is 29.2 Å². The normalized spacial score (nSPS) is 37.4. The van der Waals surface area contributed by atoms with Crippen molar-refractivity contribution in [1.82, 2.24) is 9.80 Å². The van der Waals surface area contributed by atoms with Crippen LogP contribution in [0.3, 0.4) is 0 Å². The highest BCUT2D eigenvalue weighted by Crippen LogP contribution is 2.71. The van der Waals surface area contributed by atoms with Gasteiger partial charge < -0.3 is 20.0 Å². The largest absolute Gasteiger partial charge is 0.481 e. The van der Waals surface area contributed by atoms with Crippen molar-refractivity contribution in [3.8, 4) is 0 Å². The van der Waals surface area contributed by atoms with Crippen LogP contribution in [0, 0.1) is 11.8 Å².